The lowest BCUT2D eigenvalue weighted by Crippen LogP contribution is -2.33. The first kappa shape index (κ1) is 11.9. The third-order valence-corrected chi connectivity index (χ3v) is 4.22. The molecule has 0 aromatic heterocycles. The average Bonchev–Trinajstić information content (AvgIpc) is 2.62. The van der Waals surface area contributed by atoms with Crippen LogP contribution in [0.1, 0.15) is 51.4 Å². The molecular formula is C13H22O3. The van der Waals surface area contributed by atoms with Crippen molar-refractivity contribution in [3.8, 4) is 0 Å². The molecule has 2 fully saturated rings. The summed E-state index contributed by atoms with van der Waals surface area (Å²) < 4.78 is 5.36. The summed E-state index contributed by atoms with van der Waals surface area (Å²) >= 11 is 0. The van der Waals surface area contributed by atoms with Gasteiger partial charge in [-0.05, 0) is 31.6 Å². The fourth-order valence-corrected chi connectivity index (χ4v) is 3.21. The number of carboxylic acid groups (broad SMARTS) is 1. The standard InChI is InChI=1S/C13H22O3/c14-12(15)13(6-3-1-2-4-7-13)9-11-5-8-16-10-11/h11H,1-10H2,(H,14,15). The van der Waals surface area contributed by atoms with Gasteiger partial charge in [-0.15, -0.1) is 0 Å². The molecule has 1 heterocycles. The number of carbonyl (C=O) groups is 1. The minimum atomic E-state index is -0.568. The highest BCUT2D eigenvalue weighted by atomic mass is 16.5. The molecule has 2 rings (SSSR count). The molecule has 92 valence electrons. The summed E-state index contributed by atoms with van der Waals surface area (Å²) in [6.07, 6.45) is 8.21. The van der Waals surface area contributed by atoms with Crippen LogP contribution in [0, 0.1) is 11.3 Å². The van der Waals surface area contributed by atoms with Gasteiger partial charge in [0.05, 0.1) is 5.41 Å². The maximum Gasteiger partial charge on any atom is 0.309 e. The van der Waals surface area contributed by atoms with Crippen LogP contribution >= 0.6 is 0 Å². The predicted octanol–water partition coefficient (Wildman–Crippen LogP) is 2.84. The van der Waals surface area contributed by atoms with E-state index >= 15 is 0 Å². The van der Waals surface area contributed by atoms with E-state index in [-0.39, 0.29) is 0 Å². The molecule has 0 radical (unpaired) electrons. The Hall–Kier alpha value is -0.570. The summed E-state index contributed by atoms with van der Waals surface area (Å²) in [6, 6.07) is 0. The summed E-state index contributed by atoms with van der Waals surface area (Å²) in [6.45, 7) is 1.59. The van der Waals surface area contributed by atoms with Gasteiger partial charge in [0.15, 0.2) is 0 Å². The summed E-state index contributed by atoms with van der Waals surface area (Å²) in [4.78, 5) is 11.6. The lowest BCUT2D eigenvalue weighted by Gasteiger charge is -2.30. The zero-order chi connectivity index (χ0) is 11.4. The zero-order valence-corrected chi connectivity index (χ0v) is 9.91. The summed E-state index contributed by atoms with van der Waals surface area (Å²) in [7, 11) is 0. The third kappa shape index (κ3) is 2.57. The number of carboxylic acids is 1. The number of ether oxygens (including phenoxy) is 1. The van der Waals surface area contributed by atoms with Gasteiger partial charge < -0.3 is 9.84 Å². The maximum atomic E-state index is 11.6. The van der Waals surface area contributed by atoms with Crippen LogP contribution in [-0.2, 0) is 9.53 Å². The largest absolute Gasteiger partial charge is 0.481 e. The van der Waals surface area contributed by atoms with E-state index in [9.17, 15) is 9.90 Å². The lowest BCUT2D eigenvalue weighted by molar-refractivity contribution is -0.151. The van der Waals surface area contributed by atoms with E-state index < -0.39 is 11.4 Å². The Balaban J connectivity index is 2.03. The zero-order valence-electron chi connectivity index (χ0n) is 9.91. The first-order valence-corrected chi connectivity index (χ1v) is 6.54. The van der Waals surface area contributed by atoms with Gasteiger partial charge in [-0.1, -0.05) is 25.7 Å². The van der Waals surface area contributed by atoms with Crippen LogP contribution in [0.25, 0.3) is 0 Å². The van der Waals surface area contributed by atoms with Crippen LogP contribution in [0.15, 0.2) is 0 Å². The smallest absolute Gasteiger partial charge is 0.309 e. The predicted molar refractivity (Wildman–Crippen MR) is 61.3 cm³/mol. The van der Waals surface area contributed by atoms with Crippen LogP contribution in [0.5, 0.6) is 0 Å². The molecule has 1 atom stereocenters. The molecular weight excluding hydrogens is 204 g/mol. The van der Waals surface area contributed by atoms with E-state index in [4.69, 9.17) is 4.74 Å². The second-order valence-electron chi connectivity index (χ2n) is 5.43. The van der Waals surface area contributed by atoms with Gasteiger partial charge in [0, 0.05) is 13.2 Å². The van der Waals surface area contributed by atoms with Crippen molar-refractivity contribution in [1.82, 2.24) is 0 Å². The maximum absolute atomic E-state index is 11.6. The first-order valence-electron chi connectivity index (χ1n) is 6.54. The van der Waals surface area contributed by atoms with Gasteiger partial charge in [0.2, 0.25) is 0 Å². The third-order valence-electron chi connectivity index (χ3n) is 4.22. The van der Waals surface area contributed by atoms with E-state index in [0.717, 1.165) is 51.7 Å². The molecule has 3 heteroatoms. The van der Waals surface area contributed by atoms with E-state index in [2.05, 4.69) is 0 Å². The highest BCUT2D eigenvalue weighted by Gasteiger charge is 2.41. The van der Waals surface area contributed by atoms with Gasteiger partial charge in [-0.25, -0.2) is 0 Å². The molecule has 0 aromatic rings. The van der Waals surface area contributed by atoms with E-state index in [0.29, 0.717) is 5.92 Å². The lowest BCUT2D eigenvalue weighted by atomic mass is 9.73. The van der Waals surface area contributed by atoms with Gasteiger partial charge in [0.25, 0.3) is 0 Å². The highest BCUT2D eigenvalue weighted by Crippen LogP contribution is 2.42. The molecule has 0 aromatic carbocycles. The van der Waals surface area contributed by atoms with Crippen molar-refractivity contribution in [2.24, 2.45) is 11.3 Å². The molecule has 1 aliphatic heterocycles. The average molecular weight is 226 g/mol. The Morgan fingerprint density at radius 3 is 2.44 bits per heavy atom. The van der Waals surface area contributed by atoms with Crippen LogP contribution in [0.2, 0.25) is 0 Å². The molecule has 1 aliphatic carbocycles. The monoisotopic (exact) mass is 226 g/mol. The Kier molecular flexibility index (Phi) is 3.85. The van der Waals surface area contributed by atoms with Crippen molar-refractivity contribution in [1.29, 1.82) is 0 Å². The number of hydrogen-bond acceptors (Lipinski definition) is 2. The van der Waals surface area contributed by atoms with Gasteiger partial charge in [-0.2, -0.15) is 0 Å². The quantitative estimate of drug-likeness (QED) is 0.753. The molecule has 16 heavy (non-hydrogen) atoms. The van der Waals surface area contributed by atoms with Crippen LogP contribution in [-0.4, -0.2) is 24.3 Å². The minimum absolute atomic E-state index is 0.436. The molecule has 0 amide bonds. The Morgan fingerprint density at radius 2 is 1.94 bits per heavy atom. The Bertz CT molecular complexity index is 236. The van der Waals surface area contributed by atoms with Crippen molar-refractivity contribution in [3.63, 3.8) is 0 Å². The van der Waals surface area contributed by atoms with Gasteiger partial charge in [0.1, 0.15) is 0 Å². The number of aliphatic carboxylic acids is 1. The van der Waals surface area contributed by atoms with E-state index in [1.54, 1.807) is 0 Å². The minimum Gasteiger partial charge on any atom is -0.481 e. The number of rotatable bonds is 3. The van der Waals surface area contributed by atoms with Crippen molar-refractivity contribution in [2.75, 3.05) is 13.2 Å². The second-order valence-corrected chi connectivity index (χ2v) is 5.43. The SMILES string of the molecule is O=C(O)C1(CC2CCOC2)CCCCCC1. The molecule has 1 unspecified atom stereocenters. The summed E-state index contributed by atoms with van der Waals surface area (Å²) in [5, 5.41) is 9.53. The molecule has 1 saturated carbocycles. The molecule has 0 spiro atoms. The topological polar surface area (TPSA) is 46.5 Å². The van der Waals surface area contributed by atoms with Crippen molar-refractivity contribution in [2.45, 2.75) is 51.4 Å². The van der Waals surface area contributed by atoms with Gasteiger partial charge in [-0.3, -0.25) is 4.79 Å². The summed E-state index contributed by atoms with van der Waals surface area (Å²) in [5.74, 6) is -0.0875. The second kappa shape index (κ2) is 5.17. The first-order chi connectivity index (χ1) is 7.73. The van der Waals surface area contributed by atoms with Crippen LogP contribution in [0.4, 0.5) is 0 Å². The van der Waals surface area contributed by atoms with Crippen LogP contribution in [0.3, 0.4) is 0 Å². The van der Waals surface area contributed by atoms with Crippen molar-refractivity contribution >= 4 is 5.97 Å². The van der Waals surface area contributed by atoms with Crippen molar-refractivity contribution in [3.05, 3.63) is 0 Å². The normalized spacial score (nSPS) is 29.9. The summed E-state index contributed by atoms with van der Waals surface area (Å²) in [5.41, 5.74) is -0.436. The number of hydrogen-bond donors (Lipinski definition) is 1. The molecule has 2 aliphatic rings. The molecule has 3 nitrogen and oxygen atoms in total. The Labute approximate surface area is 97.2 Å². The van der Waals surface area contributed by atoms with Crippen molar-refractivity contribution < 1.29 is 14.6 Å². The van der Waals surface area contributed by atoms with Crippen LogP contribution < -0.4 is 0 Å². The van der Waals surface area contributed by atoms with E-state index in [1.165, 1.54) is 12.8 Å². The molecule has 1 saturated heterocycles. The molecule has 0 bridgehead atoms. The van der Waals surface area contributed by atoms with E-state index in [1.807, 2.05) is 0 Å². The molecule has 1 N–H and O–H groups in total. The fraction of sp³-hybridized carbons (Fsp3) is 0.923. The Morgan fingerprint density at radius 1 is 1.25 bits per heavy atom. The van der Waals surface area contributed by atoms with Gasteiger partial charge >= 0.3 is 5.97 Å². The highest BCUT2D eigenvalue weighted by molar-refractivity contribution is 5.74. The fourth-order valence-electron chi connectivity index (χ4n) is 3.21.